The zero-order valence-corrected chi connectivity index (χ0v) is 16.7. The number of amides is 1. The van der Waals surface area contributed by atoms with Gasteiger partial charge in [0.1, 0.15) is 23.4 Å². The molecule has 0 radical (unpaired) electrons. The predicted octanol–water partition coefficient (Wildman–Crippen LogP) is 5.28. The van der Waals surface area contributed by atoms with Gasteiger partial charge in [-0.25, -0.2) is 9.37 Å². The van der Waals surface area contributed by atoms with Crippen LogP contribution in [0, 0.1) is 11.7 Å². The van der Waals surface area contributed by atoms with Crippen LogP contribution in [-0.4, -0.2) is 30.0 Å². The first-order valence-electron chi connectivity index (χ1n) is 9.84. The molecule has 0 spiro atoms. The van der Waals surface area contributed by atoms with Gasteiger partial charge in [-0.15, -0.1) is 0 Å². The third-order valence-corrected chi connectivity index (χ3v) is 6.06. The molecule has 4 nitrogen and oxygen atoms in total. The van der Waals surface area contributed by atoms with E-state index in [1.54, 1.807) is 0 Å². The van der Waals surface area contributed by atoms with Crippen molar-refractivity contribution in [3.63, 3.8) is 0 Å². The Morgan fingerprint density at radius 1 is 1.06 bits per heavy atom. The number of hydrogen-bond donors (Lipinski definition) is 0. The summed E-state index contributed by atoms with van der Waals surface area (Å²) in [6.45, 7) is 0. The number of nitrogens with zero attached hydrogens (tertiary/aromatic N) is 3. The molecule has 1 aromatic carbocycles. The van der Waals surface area contributed by atoms with Crippen LogP contribution in [0.25, 0.3) is 0 Å². The number of halogens is 7. The maximum Gasteiger partial charge on any atom is 0.433 e. The zero-order valence-electron chi connectivity index (χ0n) is 16.7. The van der Waals surface area contributed by atoms with Gasteiger partial charge in [0, 0.05) is 18.8 Å². The summed E-state index contributed by atoms with van der Waals surface area (Å²) < 4.78 is 93.5. The number of carbonyl (C=O) groups is 1. The fourth-order valence-electron chi connectivity index (χ4n) is 4.60. The smallest absolute Gasteiger partial charge is 0.341 e. The summed E-state index contributed by atoms with van der Waals surface area (Å²) in [5, 5.41) is 0. The van der Waals surface area contributed by atoms with Crippen molar-refractivity contribution < 1.29 is 35.5 Å². The second kappa shape index (κ2) is 7.63. The average molecular weight is 461 g/mol. The summed E-state index contributed by atoms with van der Waals surface area (Å²) in [5.41, 5.74) is -2.93. The highest BCUT2D eigenvalue weighted by molar-refractivity contribution is 5.99. The van der Waals surface area contributed by atoms with E-state index in [0.717, 1.165) is 6.07 Å². The predicted molar refractivity (Wildman–Crippen MR) is 101 cm³/mol. The molecule has 11 heteroatoms. The van der Waals surface area contributed by atoms with E-state index in [2.05, 4.69) is 4.98 Å². The van der Waals surface area contributed by atoms with Crippen LogP contribution in [0.2, 0.25) is 0 Å². The lowest BCUT2D eigenvalue weighted by molar-refractivity contribution is -0.145. The molecule has 2 aliphatic rings. The van der Waals surface area contributed by atoms with E-state index in [9.17, 15) is 35.5 Å². The van der Waals surface area contributed by atoms with Crippen LogP contribution in [-0.2, 0) is 17.1 Å². The fourth-order valence-corrected chi connectivity index (χ4v) is 4.60. The molecule has 32 heavy (non-hydrogen) atoms. The summed E-state index contributed by atoms with van der Waals surface area (Å²) in [4.78, 5) is 19.2. The standard InChI is InChI=1S/C21H18F7N3O/c1-30(14-4-2-3-13(22)10-14)19(32)18-11-5-6-15(7-11)31(18)17-9-12(20(23,24)25)8-16(29-17)21(26,27)28/h2-4,8-11,15,18H,5-7H2,1H3/t11-,15+,18-/m0/s1. The van der Waals surface area contributed by atoms with Gasteiger partial charge in [0.05, 0.1) is 5.56 Å². The van der Waals surface area contributed by atoms with E-state index in [-0.39, 0.29) is 17.7 Å². The van der Waals surface area contributed by atoms with E-state index in [1.807, 2.05) is 0 Å². The van der Waals surface area contributed by atoms with Gasteiger partial charge in [-0.3, -0.25) is 4.79 Å². The molecule has 4 rings (SSSR count). The van der Waals surface area contributed by atoms with Crippen LogP contribution in [0.4, 0.5) is 42.2 Å². The number of pyridine rings is 1. The molecule has 1 saturated heterocycles. The van der Waals surface area contributed by atoms with Crippen molar-refractivity contribution in [3.8, 4) is 0 Å². The zero-order chi connectivity index (χ0) is 23.4. The lowest BCUT2D eigenvalue weighted by Gasteiger charge is -2.37. The number of fused-ring (bicyclic) bond motifs is 2. The topological polar surface area (TPSA) is 36.4 Å². The highest BCUT2D eigenvalue weighted by Crippen LogP contribution is 2.47. The van der Waals surface area contributed by atoms with Gasteiger partial charge in [0.25, 0.3) is 0 Å². The van der Waals surface area contributed by atoms with Crippen molar-refractivity contribution in [1.29, 1.82) is 0 Å². The van der Waals surface area contributed by atoms with E-state index >= 15 is 0 Å². The molecule has 2 fully saturated rings. The minimum absolute atomic E-state index is 0.0342. The minimum Gasteiger partial charge on any atom is -0.341 e. The Morgan fingerprint density at radius 3 is 2.41 bits per heavy atom. The van der Waals surface area contributed by atoms with Crippen molar-refractivity contribution in [3.05, 3.63) is 53.5 Å². The second-order valence-electron chi connectivity index (χ2n) is 8.05. The number of carbonyl (C=O) groups excluding carboxylic acids is 1. The van der Waals surface area contributed by atoms with Gasteiger partial charge in [-0.1, -0.05) is 6.07 Å². The molecule has 3 atom stereocenters. The Morgan fingerprint density at radius 2 is 1.78 bits per heavy atom. The quantitative estimate of drug-likeness (QED) is 0.584. The maximum atomic E-state index is 13.6. The van der Waals surface area contributed by atoms with Crippen LogP contribution in [0.1, 0.15) is 30.5 Å². The molecule has 1 saturated carbocycles. The molecule has 1 aliphatic carbocycles. The summed E-state index contributed by atoms with van der Waals surface area (Å²) in [6.07, 6.45) is -8.52. The van der Waals surface area contributed by atoms with Gasteiger partial charge in [0.2, 0.25) is 5.91 Å². The molecular formula is C21H18F7N3O. The summed E-state index contributed by atoms with van der Waals surface area (Å²) in [5.74, 6) is -1.92. The van der Waals surface area contributed by atoms with Gasteiger partial charge in [0.15, 0.2) is 0 Å². The van der Waals surface area contributed by atoms with Crippen molar-refractivity contribution in [2.75, 3.05) is 16.8 Å². The third kappa shape index (κ3) is 4.00. The van der Waals surface area contributed by atoms with Crippen molar-refractivity contribution >= 4 is 17.4 Å². The summed E-state index contributed by atoms with van der Waals surface area (Å²) in [6, 6.07) is 4.31. The summed E-state index contributed by atoms with van der Waals surface area (Å²) in [7, 11) is 1.39. The monoisotopic (exact) mass is 461 g/mol. The number of aromatic nitrogens is 1. The SMILES string of the molecule is CN(C(=O)[C@@H]1[C@H]2CC[C@H](C2)N1c1cc(C(F)(F)F)cc(C(F)(F)F)n1)c1cccc(F)c1. The molecule has 1 aliphatic heterocycles. The van der Waals surface area contributed by atoms with Crippen LogP contribution in [0.5, 0.6) is 0 Å². The molecule has 1 amide bonds. The first-order valence-corrected chi connectivity index (χ1v) is 9.84. The van der Waals surface area contributed by atoms with Crippen molar-refractivity contribution in [2.45, 2.75) is 43.7 Å². The van der Waals surface area contributed by atoms with Crippen LogP contribution < -0.4 is 9.80 Å². The minimum atomic E-state index is -5.09. The summed E-state index contributed by atoms with van der Waals surface area (Å²) >= 11 is 0. The van der Waals surface area contributed by atoms with Crippen molar-refractivity contribution in [2.24, 2.45) is 5.92 Å². The Kier molecular flexibility index (Phi) is 5.33. The Labute approximate surface area is 178 Å². The molecule has 0 unspecified atom stereocenters. The number of benzene rings is 1. The molecule has 2 aromatic rings. The lowest BCUT2D eigenvalue weighted by Crippen LogP contribution is -2.51. The molecule has 172 valence electrons. The van der Waals surface area contributed by atoms with Gasteiger partial charge in [-0.05, 0) is 55.5 Å². The highest BCUT2D eigenvalue weighted by atomic mass is 19.4. The highest BCUT2D eigenvalue weighted by Gasteiger charge is 2.51. The van der Waals surface area contributed by atoms with Crippen LogP contribution in [0.3, 0.4) is 0 Å². The normalized spacial score (nSPS) is 23.0. The van der Waals surface area contributed by atoms with E-state index in [0.29, 0.717) is 25.3 Å². The lowest BCUT2D eigenvalue weighted by atomic mass is 9.97. The first kappa shape index (κ1) is 22.3. The van der Waals surface area contributed by atoms with Crippen LogP contribution >= 0.6 is 0 Å². The van der Waals surface area contributed by atoms with E-state index in [1.165, 1.54) is 35.0 Å². The fraction of sp³-hybridized carbons (Fsp3) is 0.429. The number of hydrogen-bond acceptors (Lipinski definition) is 3. The second-order valence-corrected chi connectivity index (χ2v) is 8.05. The number of rotatable bonds is 3. The molecule has 2 bridgehead atoms. The van der Waals surface area contributed by atoms with Gasteiger partial charge >= 0.3 is 12.4 Å². The Balaban J connectivity index is 1.76. The van der Waals surface area contributed by atoms with E-state index in [4.69, 9.17) is 0 Å². The maximum absolute atomic E-state index is 13.6. The number of anilines is 2. The van der Waals surface area contributed by atoms with Crippen molar-refractivity contribution in [1.82, 2.24) is 4.98 Å². The van der Waals surface area contributed by atoms with Gasteiger partial charge in [-0.2, -0.15) is 26.3 Å². The van der Waals surface area contributed by atoms with Gasteiger partial charge < -0.3 is 9.80 Å². The third-order valence-electron chi connectivity index (χ3n) is 6.06. The van der Waals surface area contributed by atoms with E-state index < -0.39 is 53.2 Å². The Bertz CT molecular complexity index is 1000. The number of likely N-dealkylation sites (N-methyl/N-ethyl adjacent to an activating group) is 1. The average Bonchev–Trinajstić information content (AvgIpc) is 3.32. The number of alkyl halides is 6. The molecule has 1 aromatic heterocycles. The Hall–Kier alpha value is -2.85. The molecular weight excluding hydrogens is 443 g/mol. The molecule has 0 N–H and O–H groups in total. The number of piperidine rings is 1. The molecule has 2 heterocycles. The van der Waals surface area contributed by atoms with Crippen LogP contribution in [0.15, 0.2) is 36.4 Å². The largest absolute Gasteiger partial charge is 0.433 e. The first-order chi connectivity index (χ1) is 14.9.